The van der Waals surface area contributed by atoms with Crippen molar-refractivity contribution in [2.75, 3.05) is 15.1 Å². The lowest BCUT2D eigenvalue weighted by Crippen LogP contribution is -2.57. The molecule has 0 bridgehead atoms. The molecule has 0 aliphatic carbocycles. The van der Waals surface area contributed by atoms with Crippen molar-refractivity contribution in [3.8, 4) is 0 Å². The minimum Gasteiger partial charge on any atom is -0.322 e. The van der Waals surface area contributed by atoms with Gasteiger partial charge in [0.25, 0.3) is 23.4 Å². The quantitative estimate of drug-likeness (QED) is 0.0529. The van der Waals surface area contributed by atoms with Crippen molar-refractivity contribution in [2.45, 2.75) is 30.0 Å². The molecule has 2 heterocycles. The highest BCUT2D eigenvalue weighted by Crippen LogP contribution is 2.40. The molecule has 0 atom stereocenters. The lowest BCUT2D eigenvalue weighted by atomic mass is 10.0. The normalized spacial score (nSPS) is 13.1. The van der Waals surface area contributed by atoms with Crippen molar-refractivity contribution in [1.82, 2.24) is 4.98 Å². The van der Waals surface area contributed by atoms with E-state index in [1.807, 2.05) is 32.9 Å². The minimum absolute atomic E-state index is 0.110. The van der Waals surface area contributed by atoms with Crippen LogP contribution in [0.2, 0.25) is 10.0 Å². The van der Waals surface area contributed by atoms with Crippen LogP contribution in [0.25, 0.3) is 16.3 Å². The van der Waals surface area contributed by atoms with Gasteiger partial charge in [-0.15, -0.1) is 11.3 Å². The molecule has 10 nitrogen and oxygen atoms in total. The number of fused-ring (bicyclic) bond motifs is 1. The number of carbonyl (C=O) groups is 3. The molecular weight excluding hydrogens is 798 g/mol. The Hall–Kier alpha value is -5.44. The summed E-state index contributed by atoms with van der Waals surface area (Å²) in [5, 5.41) is 16.0. The first-order valence-corrected chi connectivity index (χ1v) is 19.3. The molecule has 6 aromatic rings. The number of carbonyl (C=O) groups excluding carboxylic acids is 3. The Labute approximate surface area is 338 Å². The third-order valence-corrected chi connectivity index (χ3v) is 12.0. The van der Waals surface area contributed by atoms with E-state index >= 15 is 0 Å². The summed E-state index contributed by atoms with van der Waals surface area (Å²) in [5.74, 6) is -1.70. The largest absolute Gasteiger partial charge is 0.322 e. The van der Waals surface area contributed by atoms with Gasteiger partial charge in [0.05, 0.1) is 31.4 Å². The van der Waals surface area contributed by atoms with E-state index in [-0.39, 0.29) is 27.8 Å². The van der Waals surface area contributed by atoms with Crippen LogP contribution in [0.5, 0.6) is 0 Å². The van der Waals surface area contributed by atoms with Gasteiger partial charge in [-0.1, -0.05) is 70.9 Å². The van der Waals surface area contributed by atoms with Crippen LogP contribution in [0.4, 0.5) is 22.7 Å². The molecule has 1 N–H and O–H groups in total. The number of amides is 3. The van der Waals surface area contributed by atoms with Gasteiger partial charge in [0.15, 0.2) is 9.45 Å². The van der Waals surface area contributed by atoms with E-state index in [0.29, 0.717) is 47.4 Å². The van der Waals surface area contributed by atoms with E-state index in [9.17, 15) is 24.5 Å². The van der Waals surface area contributed by atoms with Gasteiger partial charge in [0.2, 0.25) is 0 Å². The molecule has 7 rings (SSSR count). The first-order chi connectivity index (χ1) is 26.3. The maximum atomic E-state index is 14.1. The van der Waals surface area contributed by atoms with Crippen LogP contribution in [-0.4, -0.2) is 32.7 Å². The standard InChI is InChI=1S/C40H27Cl2N5O5S3/c1-21-4-9-25(10-5-21)36(48)43-26-11-14-32-35(18-26)55-39(44-32)54-34-15-8-24(17-33(34)47(51)52)16-29-37(49)45(27-12-6-22(2)30(41)19-27)40(53)46(38(29)50)28-13-7-23(3)31(42)20-28/h4-20H,1-3H3,(H,43,48). The van der Waals surface area contributed by atoms with E-state index in [1.165, 1.54) is 33.3 Å². The Morgan fingerprint density at radius 2 is 1.47 bits per heavy atom. The van der Waals surface area contributed by atoms with Crippen LogP contribution in [0.3, 0.4) is 0 Å². The second-order valence-electron chi connectivity index (χ2n) is 12.6. The number of nitro benzene ring substituents is 1. The highest BCUT2D eigenvalue weighted by molar-refractivity contribution is 8.01. The zero-order valence-corrected chi connectivity index (χ0v) is 33.1. The number of aromatic nitrogens is 1. The zero-order chi connectivity index (χ0) is 39.1. The number of aryl methyl sites for hydroxylation is 3. The van der Waals surface area contributed by atoms with Crippen LogP contribution >= 0.6 is 58.5 Å². The molecule has 274 valence electrons. The smallest absolute Gasteiger partial charge is 0.283 e. The van der Waals surface area contributed by atoms with Crippen LogP contribution < -0.4 is 15.1 Å². The van der Waals surface area contributed by atoms with Gasteiger partial charge >= 0.3 is 0 Å². The number of nitro groups is 1. The number of halogens is 2. The van der Waals surface area contributed by atoms with E-state index in [2.05, 4.69) is 10.3 Å². The Kier molecular flexibility index (Phi) is 10.6. The number of hydrogen-bond donors (Lipinski definition) is 1. The third kappa shape index (κ3) is 7.75. The summed E-state index contributed by atoms with van der Waals surface area (Å²) in [7, 11) is 0. The molecule has 5 aromatic carbocycles. The van der Waals surface area contributed by atoms with Crippen molar-refractivity contribution in [3.63, 3.8) is 0 Å². The van der Waals surface area contributed by atoms with Gasteiger partial charge in [-0.3, -0.25) is 34.3 Å². The van der Waals surface area contributed by atoms with Gasteiger partial charge in [0, 0.05) is 27.4 Å². The molecule has 0 saturated carbocycles. The average Bonchev–Trinajstić information content (AvgIpc) is 3.55. The summed E-state index contributed by atoms with van der Waals surface area (Å²) >= 11 is 21.0. The molecule has 15 heteroatoms. The molecule has 1 aliphatic heterocycles. The molecule has 1 aromatic heterocycles. The summed E-state index contributed by atoms with van der Waals surface area (Å²) in [6, 6.07) is 27.0. The molecule has 55 heavy (non-hydrogen) atoms. The Balaban J connectivity index is 1.20. The Morgan fingerprint density at radius 3 is 2.05 bits per heavy atom. The van der Waals surface area contributed by atoms with Crippen LogP contribution in [0, 0.1) is 30.9 Å². The molecule has 1 aliphatic rings. The van der Waals surface area contributed by atoms with Gasteiger partial charge in [-0.2, -0.15) is 0 Å². The van der Waals surface area contributed by atoms with Gasteiger partial charge < -0.3 is 5.32 Å². The predicted octanol–water partition coefficient (Wildman–Crippen LogP) is 10.6. The van der Waals surface area contributed by atoms with Crippen molar-refractivity contribution < 1.29 is 19.3 Å². The number of thiazole rings is 1. The molecule has 3 amide bonds. The van der Waals surface area contributed by atoms with Crippen LogP contribution in [0.1, 0.15) is 32.6 Å². The number of thiocarbonyl (C=S) groups is 1. The van der Waals surface area contributed by atoms with Crippen LogP contribution in [-0.2, 0) is 9.59 Å². The van der Waals surface area contributed by atoms with Gasteiger partial charge in [-0.25, -0.2) is 4.98 Å². The summed E-state index contributed by atoms with van der Waals surface area (Å²) in [4.78, 5) is 60.2. The number of hydrogen-bond acceptors (Lipinski definition) is 9. The topological polar surface area (TPSA) is 126 Å². The van der Waals surface area contributed by atoms with Crippen LogP contribution in [0.15, 0.2) is 112 Å². The summed E-state index contributed by atoms with van der Waals surface area (Å²) in [6.45, 7) is 5.58. The van der Waals surface area contributed by atoms with Gasteiger partial charge in [-0.05, 0) is 116 Å². The number of nitrogens with one attached hydrogen (secondary N) is 1. The van der Waals surface area contributed by atoms with Crippen molar-refractivity contribution >= 4 is 120 Å². The number of rotatable bonds is 8. The molecular formula is C40H27Cl2N5O5S3. The summed E-state index contributed by atoms with van der Waals surface area (Å²) < 4.78 is 1.32. The van der Waals surface area contributed by atoms with E-state index in [0.717, 1.165) is 33.2 Å². The molecule has 0 unspecified atom stereocenters. The highest BCUT2D eigenvalue weighted by atomic mass is 35.5. The summed E-state index contributed by atoms with van der Waals surface area (Å²) in [5.41, 5.74) is 4.75. The van der Waals surface area contributed by atoms with Crippen molar-refractivity contribution in [2.24, 2.45) is 0 Å². The van der Waals surface area contributed by atoms with Gasteiger partial charge in [0.1, 0.15) is 5.57 Å². The lowest BCUT2D eigenvalue weighted by molar-refractivity contribution is -0.387. The fraction of sp³-hybridized carbons (Fsp3) is 0.0750. The fourth-order valence-electron chi connectivity index (χ4n) is 5.67. The SMILES string of the molecule is Cc1ccc(C(=O)Nc2ccc3nc(Sc4ccc(C=C5C(=O)N(c6ccc(C)c(Cl)c6)C(=S)N(c6ccc(C)c(Cl)c6)C5=O)cc4[N+](=O)[O-])sc3c2)cc1. The monoisotopic (exact) mass is 823 g/mol. The summed E-state index contributed by atoms with van der Waals surface area (Å²) in [6.07, 6.45) is 1.31. The van der Waals surface area contributed by atoms with E-state index in [4.69, 9.17) is 35.4 Å². The molecule has 1 saturated heterocycles. The maximum absolute atomic E-state index is 14.1. The predicted molar refractivity (Wildman–Crippen MR) is 224 cm³/mol. The number of anilines is 3. The van der Waals surface area contributed by atoms with E-state index < -0.39 is 16.7 Å². The Bertz CT molecular complexity index is 2570. The molecule has 0 spiro atoms. The van der Waals surface area contributed by atoms with E-state index in [1.54, 1.807) is 78.9 Å². The first kappa shape index (κ1) is 37.9. The zero-order valence-electron chi connectivity index (χ0n) is 29.1. The fourth-order valence-corrected chi connectivity index (χ4v) is 8.55. The average molecular weight is 825 g/mol. The third-order valence-electron chi connectivity index (χ3n) is 8.71. The number of benzene rings is 5. The van der Waals surface area contributed by atoms with Crippen molar-refractivity contribution in [3.05, 3.63) is 151 Å². The number of nitrogens with zero attached hydrogens (tertiary/aromatic N) is 4. The first-order valence-electron chi connectivity index (χ1n) is 16.5. The molecule has 1 fully saturated rings. The Morgan fingerprint density at radius 1 is 0.855 bits per heavy atom. The van der Waals surface area contributed by atoms with Crippen molar-refractivity contribution in [1.29, 1.82) is 0 Å². The molecule has 0 radical (unpaired) electrons. The second-order valence-corrected chi connectivity index (χ2v) is 16.1. The highest BCUT2D eigenvalue weighted by Gasteiger charge is 2.41. The maximum Gasteiger partial charge on any atom is 0.283 e. The lowest BCUT2D eigenvalue weighted by Gasteiger charge is -2.36. The second kappa shape index (κ2) is 15.4. The minimum atomic E-state index is -0.727.